The number of aliphatic hydroxyl groups is 1. The quantitative estimate of drug-likeness (QED) is 0.826. The van der Waals surface area contributed by atoms with Crippen molar-refractivity contribution in [2.45, 2.75) is 32.2 Å². The van der Waals surface area contributed by atoms with E-state index in [1.54, 1.807) is 5.38 Å². The number of aromatic nitrogens is 1. The highest BCUT2D eigenvalue weighted by Gasteiger charge is 2.14. The monoisotopic (exact) mass is 304 g/mol. The fourth-order valence-electron chi connectivity index (χ4n) is 1.96. The fourth-order valence-corrected chi connectivity index (χ4v) is 2.74. The van der Waals surface area contributed by atoms with Gasteiger partial charge in [-0.15, -0.1) is 11.3 Å². The molecule has 2 rings (SSSR count). The number of hydrogen-bond donors (Lipinski definition) is 2. The molecule has 1 amide bonds. The third-order valence-electron chi connectivity index (χ3n) is 3.30. The van der Waals surface area contributed by atoms with Crippen molar-refractivity contribution < 1.29 is 9.90 Å². The maximum Gasteiger partial charge on any atom is 0.271 e. The lowest BCUT2D eigenvalue weighted by atomic mass is 10.1. The number of hydrogen-bond acceptors (Lipinski definition) is 4. The van der Waals surface area contributed by atoms with Gasteiger partial charge in [-0.25, -0.2) is 4.98 Å². The summed E-state index contributed by atoms with van der Waals surface area (Å²) in [5.74, 6) is -0.210. The normalized spacial score (nSPS) is 12.1. The molecule has 0 radical (unpaired) electrons. The molecule has 0 spiro atoms. The summed E-state index contributed by atoms with van der Waals surface area (Å²) in [5, 5.41) is 14.6. The summed E-state index contributed by atoms with van der Waals surface area (Å²) in [4.78, 5) is 16.4. The van der Waals surface area contributed by atoms with Crippen molar-refractivity contribution in [1.29, 1.82) is 0 Å². The number of aryl methyl sites for hydroxylation is 2. The summed E-state index contributed by atoms with van der Waals surface area (Å²) in [6.07, 6.45) is 2.45. The third kappa shape index (κ3) is 4.65. The van der Waals surface area contributed by atoms with Gasteiger partial charge in [-0.05, 0) is 18.4 Å². The molecule has 1 heterocycles. The van der Waals surface area contributed by atoms with Gasteiger partial charge in [-0.1, -0.05) is 37.3 Å². The van der Waals surface area contributed by atoms with Gasteiger partial charge in [0, 0.05) is 11.8 Å². The fraction of sp³-hybridized carbons (Fsp3) is 0.375. The largest absolute Gasteiger partial charge is 0.394 e. The number of thiazole rings is 1. The van der Waals surface area contributed by atoms with Crippen LogP contribution in [0.25, 0.3) is 0 Å². The van der Waals surface area contributed by atoms with Crippen molar-refractivity contribution in [3.05, 3.63) is 52.0 Å². The first-order chi connectivity index (χ1) is 10.2. The van der Waals surface area contributed by atoms with Gasteiger partial charge in [0.05, 0.1) is 17.7 Å². The van der Waals surface area contributed by atoms with Crippen molar-refractivity contribution in [2.75, 3.05) is 6.61 Å². The molecule has 0 aliphatic heterocycles. The maximum atomic E-state index is 12.0. The minimum atomic E-state index is -0.210. The van der Waals surface area contributed by atoms with Crippen LogP contribution in [0.4, 0.5) is 0 Å². The van der Waals surface area contributed by atoms with Crippen molar-refractivity contribution in [3.8, 4) is 0 Å². The van der Waals surface area contributed by atoms with E-state index >= 15 is 0 Å². The second kappa shape index (κ2) is 7.90. The van der Waals surface area contributed by atoms with Gasteiger partial charge >= 0.3 is 0 Å². The van der Waals surface area contributed by atoms with Crippen LogP contribution in [-0.4, -0.2) is 28.6 Å². The van der Waals surface area contributed by atoms with Gasteiger partial charge in [0.15, 0.2) is 0 Å². The average molecular weight is 304 g/mol. The second-order valence-electron chi connectivity index (χ2n) is 4.87. The number of aliphatic hydroxyl groups excluding tert-OH is 1. The molecule has 1 unspecified atom stereocenters. The van der Waals surface area contributed by atoms with Crippen LogP contribution in [0.15, 0.2) is 35.7 Å². The molecule has 2 N–H and O–H groups in total. The Kier molecular flexibility index (Phi) is 5.90. The lowest BCUT2D eigenvalue weighted by Crippen LogP contribution is -2.37. The average Bonchev–Trinajstić information content (AvgIpc) is 3.00. The van der Waals surface area contributed by atoms with Crippen LogP contribution in [0, 0.1) is 0 Å². The van der Waals surface area contributed by atoms with Crippen LogP contribution in [-0.2, 0) is 12.8 Å². The van der Waals surface area contributed by atoms with Gasteiger partial charge < -0.3 is 10.4 Å². The van der Waals surface area contributed by atoms with E-state index in [0.717, 1.165) is 17.8 Å². The smallest absolute Gasteiger partial charge is 0.271 e. The number of carbonyl (C=O) groups is 1. The first-order valence-electron chi connectivity index (χ1n) is 7.13. The molecular formula is C16H20N2O2S. The summed E-state index contributed by atoms with van der Waals surface area (Å²) in [5.41, 5.74) is 1.71. The highest BCUT2D eigenvalue weighted by Crippen LogP contribution is 2.13. The predicted octanol–water partition coefficient (Wildman–Crippen LogP) is 2.43. The van der Waals surface area contributed by atoms with Gasteiger partial charge in [0.2, 0.25) is 0 Å². The van der Waals surface area contributed by atoms with E-state index in [1.165, 1.54) is 16.9 Å². The van der Waals surface area contributed by atoms with Gasteiger partial charge in [0.1, 0.15) is 5.69 Å². The Morgan fingerprint density at radius 2 is 2.10 bits per heavy atom. The zero-order valence-corrected chi connectivity index (χ0v) is 12.9. The number of nitrogens with zero attached hydrogens (tertiary/aromatic N) is 1. The Hall–Kier alpha value is -1.72. The predicted molar refractivity (Wildman–Crippen MR) is 84.6 cm³/mol. The van der Waals surface area contributed by atoms with Gasteiger partial charge in [0.25, 0.3) is 5.91 Å². The summed E-state index contributed by atoms with van der Waals surface area (Å²) in [6, 6.07) is 10.0. The van der Waals surface area contributed by atoms with E-state index in [4.69, 9.17) is 5.11 Å². The van der Waals surface area contributed by atoms with E-state index in [-0.39, 0.29) is 18.6 Å². The third-order valence-corrected chi connectivity index (χ3v) is 4.21. The molecular weight excluding hydrogens is 284 g/mol. The lowest BCUT2D eigenvalue weighted by molar-refractivity contribution is 0.0910. The zero-order chi connectivity index (χ0) is 15.1. The Labute approximate surface area is 128 Å². The second-order valence-corrected chi connectivity index (χ2v) is 5.82. The molecule has 0 saturated heterocycles. The first kappa shape index (κ1) is 15.7. The molecule has 112 valence electrons. The van der Waals surface area contributed by atoms with Crippen LogP contribution >= 0.6 is 11.3 Å². The Balaban J connectivity index is 1.90. The molecule has 4 nitrogen and oxygen atoms in total. The number of benzene rings is 1. The number of rotatable bonds is 7. The number of carbonyl (C=O) groups excluding carboxylic acids is 1. The summed E-state index contributed by atoms with van der Waals surface area (Å²) in [7, 11) is 0. The minimum absolute atomic E-state index is 0.0484. The van der Waals surface area contributed by atoms with Crippen molar-refractivity contribution >= 4 is 17.2 Å². The molecule has 1 atom stereocenters. The molecule has 0 saturated carbocycles. The van der Waals surface area contributed by atoms with Crippen LogP contribution in [0.1, 0.15) is 34.4 Å². The molecule has 1 aromatic heterocycles. The summed E-state index contributed by atoms with van der Waals surface area (Å²) >= 11 is 1.50. The first-order valence-corrected chi connectivity index (χ1v) is 8.01. The van der Waals surface area contributed by atoms with E-state index in [2.05, 4.69) is 22.4 Å². The standard InChI is InChI=1S/C16H20N2O2S/c1-2-13(10-19)17-16(20)14-11-21-15(18-14)9-8-12-6-4-3-5-7-12/h3-7,11,13,19H,2,8-10H2,1H3,(H,17,20). The molecule has 21 heavy (non-hydrogen) atoms. The molecule has 1 aromatic carbocycles. The molecule has 5 heteroatoms. The van der Waals surface area contributed by atoms with Crippen molar-refractivity contribution in [2.24, 2.45) is 0 Å². The minimum Gasteiger partial charge on any atom is -0.394 e. The summed E-state index contributed by atoms with van der Waals surface area (Å²) < 4.78 is 0. The van der Waals surface area contributed by atoms with Gasteiger partial charge in [-0.2, -0.15) is 0 Å². The van der Waals surface area contributed by atoms with E-state index in [9.17, 15) is 4.79 Å². The molecule has 0 fully saturated rings. The van der Waals surface area contributed by atoms with Crippen molar-refractivity contribution in [1.82, 2.24) is 10.3 Å². The highest BCUT2D eigenvalue weighted by atomic mass is 32.1. The molecule has 0 aliphatic carbocycles. The highest BCUT2D eigenvalue weighted by molar-refractivity contribution is 7.09. The van der Waals surface area contributed by atoms with E-state index in [1.807, 2.05) is 25.1 Å². The summed E-state index contributed by atoms with van der Waals surface area (Å²) in [6.45, 7) is 1.88. The number of amides is 1. The lowest BCUT2D eigenvalue weighted by Gasteiger charge is -2.12. The van der Waals surface area contributed by atoms with Crippen LogP contribution < -0.4 is 5.32 Å². The molecule has 2 aromatic rings. The Bertz CT molecular complexity index is 565. The number of nitrogens with one attached hydrogen (secondary N) is 1. The Morgan fingerprint density at radius 1 is 1.33 bits per heavy atom. The van der Waals surface area contributed by atoms with Crippen molar-refractivity contribution in [3.63, 3.8) is 0 Å². The van der Waals surface area contributed by atoms with E-state index in [0.29, 0.717) is 12.1 Å². The molecule has 0 bridgehead atoms. The van der Waals surface area contributed by atoms with Gasteiger partial charge in [-0.3, -0.25) is 4.79 Å². The SMILES string of the molecule is CCC(CO)NC(=O)c1csc(CCc2ccccc2)n1. The molecule has 0 aliphatic rings. The van der Waals surface area contributed by atoms with E-state index < -0.39 is 0 Å². The Morgan fingerprint density at radius 3 is 2.76 bits per heavy atom. The maximum absolute atomic E-state index is 12.0. The van der Waals surface area contributed by atoms with Crippen LogP contribution in [0.3, 0.4) is 0 Å². The zero-order valence-electron chi connectivity index (χ0n) is 12.1. The van der Waals surface area contributed by atoms with Crippen LogP contribution in [0.5, 0.6) is 0 Å². The van der Waals surface area contributed by atoms with Crippen LogP contribution in [0.2, 0.25) is 0 Å². The topological polar surface area (TPSA) is 62.2 Å².